The number of carbonyl (C=O) groups excluding carboxylic acids is 2. The number of hydrogen-bond acceptors (Lipinski definition) is 3. The first kappa shape index (κ1) is 12.1. The van der Waals surface area contributed by atoms with Crippen molar-refractivity contribution < 1.29 is 9.59 Å². The van der Waals surface area contributed by atoms with Crippen LogP contribution < -0.4 is 11.1 Å². The first-order chi connectivity index (χ1) is 6.11. The van der Waals surface area contributed by atoms with Gasteiger partial charge in [-0.05, 0) is 0 Å². The van der Waals surface area contributed by atoms with Gasteiger partial charge in [0.15, 0.2) is 0 Å². The Kier molecular flexibility index (Phi) is 6.14. The number of rotatable bonds is 6. The Labute approximate surface area is 78.9 Å². The Balaban J connectivity index is 3.71. The molecular formula is C9H18N2O2. The molecule has 1 unspecified atom stereocenters. The average molecular weight is 186 g/mol. The molecular weight excluding hydrogens is 168 g/mol. The number of hydrogen-bond donors (Lipinski definition) is 2. The minimum Gasteiger partial charge on any atom is -0.355 e. The number of amides is 1. The predicted molar refractivity (Wildman–Crippen MR) is 51.1 cm³/mol. The van der Waals surface area contributed by atoms with Crippen LogP contribution in [0.2, 0.25) is 0 Å². The molecule has 1 amide bonds. The first-order valence-corrected chi connectivity index (χ1v) is 4.61. The van der Waals surface area contributed by atoms with E-state index in [9.17, 15) is 9.59 Å². The van der Waals surface area contributed by atoms with Gasteiger partial charge in [0.1, 0.15) is 5.78 Å². The minimum atomic E-state index is -0.178. The first-order valence-electron chi connectivity index (χ1n) is 4.61. The second-order valence-electron chi connectivity index (χ2n) is 3.06. The molecule has 13 heavy (non-hydrogen) atoms. The highest BCUT2D eigenvalue weighted by atomic mass is 16.2. The summed E-state index contributed by atoms with van der Waals surface area (Å²) in [7, 11) is 0. The molecule has 4 heteroatoms. The van der Waals surface area contributed by atoms with E-state index in [4.69, 9.17) is 5.73 Å². The highest BCUT2D eigenvalue weighted by molar-refractivity contribution is 5.86. The molecule has 1 atom stereocenters. The molecule has 0 fully saturated rings. The molecule has 0 bridgehead atoms. The van der Waals surface area contributed by atoms with Crippen LogP contribution in [0.5, 0.6) is 0 Å². The zero-order valence-electron chi connectivity index (χ0n) is 8.30. The summed E-state index contributed by atoms with van der Waals surface area (Å²) >= 11 is 0. The Bertz CT molecular complexity index is 180. The fraction of sp³-hybridized carbons (Fsp3) is 0.778. The van der Waals surface area contributed by atoms with Crippen LogP contribution in [-0.2, 0) is 9.59 Å². The Morgan fingerprint density at radius 1 is 1.46 bits per heavy atom. The summed E-state index contributed by atoms with van der Waals surface area (Å²) in [6.07, 6.45) is 0.762. The van der Waals surface area contributed by atoms with Gasteiger partial charge in [0.25, 0.3) is 0 Å². The van der Waals surface area contributed by atoms with E-state index in [1.165, 1.54) is 0 Å². The van der Waals surface area contributed by atoms with Gasteiger partial charge in [-0.1, -0.05) is 13.8 Å². The van der Waals surface area contributed by atoms with Crippen molar-refractivity contribution in [2.24, 2.45) is 11.7 Å². The van der Waals surface area contributed by atoms with Crippen molar-refractivity contribution >= 4 is 11.7 Å². The summed E-state index contributed by atoms with van der Waals surface area (Å²) < 4.78 is 0. The molecule has 0 aliphatic carbocycles. The van der Waals surface area contributed by atoms with Crippen LogP contribution in [0.4, 0.5) is 0 Å². The number of ketones is 1. The maximum Gasteiger partial charge on any atom is 0.220 e. The molecule has 0 aliphatic heterocycles. The third kappa shape index (κ3) is 5.36. The maximum atomic E-state index is 11.1. The summed E-state index contributed by atoms with van der Waals surface area (Å²) in [5.74, 6) is -0.148. The molecule has 3 N–H and O–H groups in total. The molecule has 0 heterocycles. The summed E-state index contributed by atoms with van der Waals surface area (Å²) in [6.45, 7) is 4.48. The number of nitrogens with two attached hydrogens (primary N) is 1. The standard InChI is InChI=1S/C9H18N2O2/c1-3-8(12)7(2)6-9(13)11-5-4-10/h7H,3-6,10H2,1-2H3,(H,11,13). The van der Waals surface area contributed by atoms with Crippen LogP contribution in [-0.4, -0.2) is 24.8 Å². The van der Waals surface area contributed by atoms with Crippen molar-refractivity contribution in [1.29, 1.82) is 0 Å². The van der Waals surface area contributed by atoms with E-state index in [0.29, 0.717) is 19.5 Å². The highest BCUT2D eigenvalue weighted by Gasteiger charge is 2.14. The monoisotopic (exact) mass is 186 g/mol. The Morgan fingerprint density at radius 2 is 2.08 bits per heavy atom. The summed E-state index contributed by atoms with van der Waals surface area (Å²) in [5, 5.41) is 2.63. The molecule has 0 aromatic rings. The SMILES string of the molecule is CCC(=O)C(C)CC(=O)NCCN. The minimum absolute atomic E-state index is 0.0975. The van der Waals surface area contributed by atoms with Gasteiger partial charge in [0.05, 0.1) is 0 Å². The van der Waals surface area contributed by atoms with Crippen LogP contribution in [0.3, 0.4) is 0 Å². The molecule has 0 rings (SSSR count). The molecule has 4 nitrogen and oxygen atoms in total. The topological polar surface area (TPSA) is 72.2 Å². The molecule has 0 saturated carbocycles. The number of Topliss-reactive ketones (excluding diaryl/α,β-unsaturated/α-hetero) is 1. The Hall–Kier alpha value is -0.900. The van der Waals surface area contributed by atoms with E-state index < -0.39 is 0 Å². The highest BCUT2D eigenvalue weighted by Crippen LogP contribution is 2.05. The van der Waals surface area contributed by atoms with Crippen molar-refractivity contribution in [2.45, 2.75) is 26.7 Å². The largest absolute Gasteiger partial charge is 0.355 e. The molecule has 0 spiro atoms. The van der Waals surface area contributed by atoms with Crippen molar-refractivity contribution in [2.75, 3.05) is 13.1 Å². The van der Waals surface area contributed by atoms with Gasteiger partial charge in [-0.25, -0.2) is 0 Å². The van der Waals surface area contributed by atoms with Crippen LogP contribution in [0.1, 0.15) is 26.7 Å². The van der Waals surface area contributed by atoms with Crippen molar-refractivity contribution in [3.8, 4) is 0 Å². The molecule has 76 valence electrons. The van der Waals surface area contributed by atoms with Crippen LogP contribution in [0, 0.1) is 5.92 Å². The fourth-order valence-corrected chi connectivity index (χ4v) is 1.02. The van der Waals surface area contributed by atoms with E-state index in [1.807, 2.05) is 0 Å². The quantitative estimate of drug-likeness (QED) is 0.616. The lowest BCUT2D eigenvalue weighted by molar-refractivity contribution is -0.128. The molecule has 0 aromatic carbocycles. The molecule has 0 aliphatic rings. The normalized spacial score (nSPS) is 12.2. The van der Waals surface area contributed by atoms with Gasteiger partial charge >= 0.3 is 0 Å². The van der Waals surface area contributed by atoms with Crippen molar-refractivity contribution in [3.05, 3.63) is 0 Å². The third-order valence-electron chi connectivity index (χ3n) is 1.86. The van der Waals surface area contributed by atoms with Gasteiger partial charge in [-0.2, -0.15) is 0 Å². The average Bonchev–Trinajstić information content (AvgIpc) is 2.13. The van der Waals surface area contributed by atoms with E-state index in [-0.39, 0.29) is 24.0 Å². The van der Waals surface area contributed by atoms with Gasteiger partial charge in [-0.3, -0.25) is 9.59 Å². The summed E-state index contributed by atoms with van der Waals surface area (Å²) in [6, 6.07) is 0. The van der Waals surface area contributed by atoms with E-state index >= 15 is 0 Å². The summed E-state index contributed by atoms with van der Waals surface area (Å²) in [5.41, 5.74) is 5.21. The van der Waals surface area contributed by atoms with Gasteiger partial charge in [0, 0.05) is 31.8 Å². The number of nitrogens with one attached hydrogen (secondary N) is 1. The second kappa shape index (κ2) is 6.60. The molecule has 0 saturated heterocycles. The third-order valence-corrected chi connectivity index (χ3v) is 1.86. The van der Waals surface area contributed by atoms with E-state index in [0.717, 1.165) is 0 Å². The second-order valence-corrected chi connectivity index (χ2v) is 3.06. The van der Waals surface area contributed by atoms with E-state index in [1.54, 1.807) is 13.8 Å². The van der Waals surface area contributed by atoms with Crippen LogP contribution >= 0.6 is 0 Å². The Morgan fingerprint density at radius 3 is 2.54 bits per heavy atom. The zero-order valence-corrected chi connectivity index (χ0v) is 8.30. The summed E-state index contributed by atoms with van der Waals surface area (Å²) in [4.78, 5) is 22.2. The lowest BCUT2D eigenvalue weighted by Gasteiger charge is -2.08. The maximum absolute atomic E-state index is 11.1. The lowest BCUT2D eigenvalue weighted by atomic mass is 10.0. The van der Waals surface area contributed by atoms with Crippen LogP contribution in [0.15, 0.2) is 0 Å². The van der Waals surface area contributed by atoms with Crippen LogP contribution in [0.25, 0.3) is 0 Å². The van der Waals surface area contributed by atoms with Gasteiger partial charge in [0.2, 0.25) is 5.91 Å². The van der Waals surface area contributed by atoms with E-state index in [2.05, 4.69) is 5.32 Å². The van der Waals surface area contributed by atoms with Crippen molar-refractivity contribution in [1.82, 2.24) is 5.32 Å². The number of carbonyl (C=O) groups is 2. The van der Waals surface area contributed by atoms with Crippen molar-refractivity contribution in [3.63, 3.8) is 0 Å². The molecule has 0 radical (unpaired) electrons. The van der Waals surface area contributed by atoms with Gasteiger partial charge < -0.3 is 11.1 Å². The smallest absolute Gasteiger partial charge is 0.220 e. The lowest BCUT2D eigenvalue weighted by Crippen LogP contribution is -2.31. The predicted octanol–water partition coefficient (Wildman–Crippen LogP) is 0.0666. The fourth-order valence-electron chi connectivity index (χ4n) is 1.02. The molecule has 0 aromatic heterocycles. The zero-order chi connectivity index (χ0) is 10.3. The van der Waals surface area contributed by atoms with Gasteiger partial charge in [-0.15, -0.1) is 0 Å².